The van der Waals surface area contributed by atoms with Gasteiger partial charge < -0.3 is 5.32 Å². The molecule has 18 heavy (non-hydrogen) atoms. The molecule has 0 aliphatic heterocycles. The second kappa shape index (κ2) is 6.17. The molecule has 0 unspecified atom stereocenters. The van der Waals surface area contributed by atoms with E-state index in [1.54, 1.807) is 0 Å². The second-order valence-electron chi connectivity index (χ2n) is 3.86. The maximum absolute atomic E-state index is 11.9. The lowest BCUT2D eigenvalue weighted by atomic mass is 10.3. The molecule has 0 saturated heterocycles. The summed E-state index contributed by atoms with van der Waals surface area (Å²) in [5.41, 5.74) is 0.827. The van der Waals surface area contributed by atoms with E-state index in [0.717, 1.165) is 22.0 Å². The minimum Gasteiger partial charge on any atom is -0.351 e. The molecule has 1 amide bonds. The predicted molar refractivity (Wildman–Crippen MR) is 63.4 cm³/mol. The van der Waals surface area contributed by atoms with Crippen LogP contribution in [0.1, 0.15) is 35.3 Å². The van der Waals surface area contributed by atoms with Crippen molar-refractivity contribution in [2.24, 2.45) is 0 Å². The van der Waals surface area contributed by atoms with Crippen LogP contribution in [0.5, 0.6) is 0 Å². The standard InChI is InChI=1S/C11H15F3N2OS/c1-3-10-16-7(2)8(18-10)6-15-9(17)4-5-11(12,13)14/h3-6H2,1-2H3,(H,15,17). The number of thiazole rings is 1. The molecule has 3 nitrogen and oxygen atoms in total. The maximum atomic E-state index is 11.9. The van der Waals surface area contributed by atoms with E-state index in [9.17, 15) is 18.0 Å². The minimum absolute atomic E-state index is 0.250. The molecule has 102 valence electrons. The zero-order valence-corrected chi connectivity index (χ0v) is 11.0. The fourth-order valence-corrected chi connectivity index (χ4v) is 2.28. The highest BCUT2D eigenvalue weighted by atomic mass is 32.1. The third-order valence-corrected chi connectivity index (χ3v) is 3.62. The average molecular weight is 280 g/mol. The van der Waals surface area contributed by atoms with E-state index in [1.165, 1.54) is 11.3 Å². The summed E-state index contributed by atoms with van der Waals surface area (Å²) in [4.78, 5) is 16.4. The van der Waals surface area contributed by atoms with Crippen LogP contribution in [-0.2, 0) is 17.8 Å². The van der Waals surface area contributed by atoms with E-state index < -0.39 is 24.9 Å². The highest BCUT2D eigenvalue weighted by Gasteiger charge is 2.27. The van der Waals surface area contributed by atoms with E-state index in [1.807, 2.05) is 13.8 Å². The van der Waals surface area contributed by atoms with Gasteiger partial charge in [-0.05, 0) is 13.3 Å². The second-order valence-corrected chi connectivity index (χ2v) is 5.03. The molecule has 1 heterocycles. The molecular formula is C11H15F3N2OS. The van der Waals surface area contributed by atoms with Gasteiger partial charge >= 0.3 is 6.18 Å². The van der Waals surface area contributed by atoms with Crippen molar-refractivity contribution in [3.05, 3.63) is 15.6 Å². The van der Waals surface area contributed by atoms with E-state index in [2.05, 4.69) is 10.3 Å². The van der Waals surface area contributed by atoms with Gasteiger partial charge in [-0.15, -0.1) is 11.3 Å². The lowest BCUT2D eigenvalue weighted by Crippen LogP contribution is -2.24. The van der Waals surface area contributed by atoms with Crippen molar-refractivity contribution in [1.29, 1.82) is 0 Å². The van der Waals surface area contributed by atoms with Gasteiger partial charge in [-0.1, -0.05) is 6.92 Å². The highest BCUT2D eigenvalue weighted by Crippen LogP contribution is 2.21. The Balaban J connectivity index is 2.40. The Morgan fingerprint density at radius 2 is 2.11 bits per heavy atom. The summed E-state index contributed by atoms with van der Waals surface area (Å²) in [6.45, 7) is 4.05. The summed E-state index contributed by atoms with van der Waals surface area (Å²) in [6.07, 6.45) is -5.08. The number of rotatable bonds is 5. The monoisotopic (exact) mass is 280 g/mol. The van der Waals surface area contributed by atoms with Crippen molar-refractivity contribution in [2.45, 2.75) is 45.8 Å². The van der Waals surface area contributed by atoms with Crippen LogP contribution in [0.3, 0.4) is 0 Å². The number of alkyl halides is 3. The van der Waals surface area contributed by atoms with Crippen LogP contribution in [0, 0.1) is 6.92 Å². The smallest absolute Gasteiger partial charge is 0.351 e. The first-order valence-electron chi connectivity index (χ1n) is 5.60. The normalized spacial score (nSPS) is 11.6. The van der Waals surface area contributed by atoms with Gasteiger partial charge in [0.05, 0.1) is 23.7 Å². The van der Waals surface area contributed by atoms with Crippen LogP contribution in [0.15, 0.2) is 0 Å². The number of amides is 1. The van der Waals surface area contributed by atoms with E-state index in [0.29, 0.717) is 0 Å². The largest absolute Gasteiger partial charge is 0.389 e. The number of carbonyl (C=O) groups excluding carboxylic acids is 1. The zero-order valence-electron chi connectivity index (χ0n) is 10.2. The number of hydrogen-bond donors (Lipinski definition) is 1. The number of nitrogens with one attached hydrogen (secondary N) is 1. The lowest BCUT2D eigenvalue weighted by Gasteiger charge is -2.06. The molecule has 0 fully saturated rings. The fraction of sp³-hybridized carbons (Fsp3) is 0.636. The van der Waals surface area contributed by atoms with Crippen LogP contribution in [0.25, 0.3) is 0 Å². The number of carbonyl (C=O) groups is 1. The lowest BCUT2D eigenvalue weighted by molar-refractivity contribution is -0.144. The number of aromatic nitrogens is 1. The predicted octanol–water partition coefficient (Wildman–Crippen LogP) is 2.97. The molecule has 0 atom stereocenters. The van der Waals surface area contributed by atoms with Crippen molar-refractivity contribution < 1.29 is 18.0 Å². The van der Waals surface area contributed by atoms with E-state index in [-0.39, 0.29) is 6.54 Å². The number of aryl methyl sites for hydroxylation is 2. The summed E-state index contributed by atoms with van der Waals surface area (Å²) in [7, 11) is 0. The van der Waals surface area contributed by atoms with Crippen LogP contribution >= 0.6 is 11.3 Å². The fourth-order valence-electron chi connectivity index (χ4n) is 1.33. The molecule has 0 radical (unpaired) electrons. The molecule has 1 aromatic heterocycles. The van der Waals surface area contributed by atoms with Crippen LogP contribution in [-0.4, -0.2) is 17.1 Å². The Bertz CT molecular complexity index is 415. The summed E-state index contributed by atoms with van der Waals surface area (Å²) < 4.78 is 35.7. The Morgan fingerprint density at radius 3 is 2.61 bits per heavy atom. The molecule has 0 aliphatic rings. The number of halogens is 3. The molecule has 1 N–H and O–H groups in total. The first-order valence-corrected chi connectivity index (χ1v) is 6.42. The Hall–Kier alpha value is -1.11. The van der Waals surface area contributed by atoms with Gasteiger partial charge in [-0.3, -0.25) is 4.79 Å². The zero-order chi connectivity index (χ0) is 13.8. The van der Waals surface area contributed by atoms with Crippen molar-refractivity contribution in [3.63, 3.8) is 0 Å². The van der Waals surface area contributed by atoms with Gasteiger partial charge in [0.2, 0.25) is 5.91 Å². The Labute approximate surface area is 107 Å². The van der Waals surface area contributed by atoms with Crippen LogP contribution < -0.4 is 5.32 Å². The number of hydrogen-bond acceptors (Lipinski definition) is 3. The summed E-state index contributed by atoms with van der Waals surface area (Å²) in [5, 5.41) is 3.45. The highest BCUT2D eigenvalue weighted by molar-refractivity contribution is 7.11. The van der Waals surface area contributed by atoms with Gasteiger partial charge in [0.1, 0.15) is 0 Å². The maximum Gasteiger partial charge on any atom is 0.389 e. The van der Waals surface area contributed by atoms with Crippen molar-refractivity contribution in [2.75, 3.05) is 0 Å². The molecule has 1 rings (SSSR count). The molecule has 0 aliphatic carbocycles. The molecule has 0 saturated carbocycles. The Kier molecular flexibility index (Phi) is 5.13. The van der Waals surface area contributed by atoms with Gasteiger partial charge in [0, 0.05) is 11.3 Å². The SMILES string of the molecule is CCc1nc(C)c(CNC(=O)CCC(F)(F)F)s1. The number of nitrogens with zero attached hydrogens (tertiary/aromatic N) is 1. The molecule has 1 aromatic rings. The molecular weight excluding hydrogens is 265 g/mol. The van der Waals surface area contributed by atoms with Gasteiger partial charge in [-0.25, -0.2) is 4.98 Å². The summed E-state index contributed by atoms with van der Waals surface area (Å²) in [5.74, 6) is -0.585. The van der Waals surface area contributed by atoms with Crippen LogP contribution in [0.4, 0.5) is 13.2 Å². The molecule has 0 aromatic carbocycles. The van der Waals surface area contributed by atoms with Gasteiger partial charge in [-0.2, -0.15) is 13.2 Å². The first-order chi connectivity index (χ1) is 8.31. The first kappa shape index (κ1) is 14.9. The van der Waals surface area contributed by atoms with Crippen LogP contribution in [0.2, 0.25) is 0 Å². The topological polar surface area (TPSA) is 42.0 Å². The summed E-state index contributed by atoms with van der Waals surface area (Å²) in [6, 6.07) is 0. The van der Waals surface area contributed by atoms with Crippen molar-refractivity contribution in [3.8, 4) is 0 Å². The van der Waals surface area contributed by atoms with E-state index >= 15 is 0 Å². The third-order valence-electron chi connectivity index (χ3n) is 2.32. The molecule has 0 spiro atoms. The van der Waals surface area contributed by atoms with Crippen molar-refractivity contribution in [1.82, 2.24) is 10.3 Å². The average Bonchev–Trinajstić information content (AvgIpc) is 2.64. The quantitative estimate of drug-likeness (QED) is 0.901. The molecule has 7 heteroatoms. The minimum atomic E-state index is -4.28. The van der Waals surface area contributed by atoms with E-state index in [4.69, 9.17) is 0 Å². The third kappa shape index (κ3) is 5.03. The van der Waals surface area contributed by atoms with Gasteiger partial charge in [0.15, 0.2) is 0 Å². The van der Waals surface area contributed by atoms with Crippen molar-refractivity contribution >= 4 is 17.2 Å². The Morgan fingerprint density at radius 1 is 1.44 bits per heavy atom. The molecule has 0 bridgehead atoms. The van der Waals surface area contributed by atoms with Gasteiger partial charge in [0.25, 0.3) is 0 Å². The summed E-state index contributed by atoms with van der Waals surface area (Å²) >= 11 is 1.48.